The molecule has 0 unspecified atom stereocenters. The number of nitrogens with zero attached hydrogens (tertiary/aromatic N) is 1. The molecule has 18 heavy (non-hydrogen) atoms. The average molecular weight is 252 g/mol. The van der Waals surface area contributed by atoms with Crippen molar-refractivity contribution in [1.82, 2.24) is 5.32 Å². The third-order valence-electron chi connectivity index (χ3n) is 2.56. The minimum absolute atomic E-state index is 0.00508. The van der Waals surface area contributed by atoms with Crippen LogP contribution in [0.15, 0.2) is 24.3 Å². The number of aliphatic hydroxyl groups is 1. The van der Waals surface area contributed by atoms with Gasteiger partial charge in [-0.05, 0) is 33.3 Å². The molecule has 0 aliphatic heterocycles. The van der Waals surface area contributed by atoms with Gasteiger partial charge in [0.25, 0.3) is 5.69 Å². The molecule has 1 aromatic carbocycles. The van der Waals surface area contributed by atoms with Crippen LogP contribution in [-0.2, 0) is 0 Å². The van der Waals surface area contributed by atoms with Crippen LogP contribution in [0.25, 0.3) is 0 Å². The predicted molar refractivity (Wildman–Crippen MR) is 70.4 cm³/mol. The van der Waals surface area contributed by atoms with E-state index in [2.05, 4.69) is 5.32 Å². The summed E-state index contributed by atoms with van der Waals surface area (Å²) in [4.78, 5) is 10.2. The molecule has 5 heteroatoms. The summed E-state index contributed by atoms with van der Waals surface area (Å²) in [7, 11) is 0. The molecule has 0 amide bonds. The van der Waals surface area contributed by atoms with Crippen LogP contribution in [0.4, 0.5) is 5.69 Å². The van der Waals surface area contributed by atoms with Crippen LogP contribution in [0.5, 0.6) is 0 Å². The Bertz CT molecular complexity index is 426. The van der Waals surface area contributed by atoms with E-state index in [4.69, 9.17) is 0 Å². The van der Waals surface area contributed by atoms with E-state index in [1.54, 1.807) is 12.1 Å². The van der Waals surface area contributed by atoms with Crippen molar-refractivity contribution in [1.29, 1.82) is 0 Å². The highest BCUT2D eigenvalue weighted by Crippen LogP contribution is 2.22. The monoisotopic (exact) mass is 252 g/mol. The number of hydrogen-bond acceptors (Lipinski definition) is 4. The van der Waals surface area contributed by atoms with Gasteiger partial charge in [0.2, 0.25) is 0 Å². The van der Waals surface area contributed by atoms with Crippen LogP contribution in [0.3, 0.4) is 0 Å². The van der Waals surface area contributed by atoms with Crippen LogP contribution < -0.4 is 5.32 Å². The Morgan fingerprint density at radius 1 is 1.39 bits per heavy atom. The van der Waals surface area contributed by atoms with Crippen molar-refractivity contribution < 1.29 is 10.0 Å². The average Bonchev–Trinajstić information content (AvgIpc) is 2.26. The molecule has 2 N–H and O–H groups in total. The molecule has 1 aromatic rings. The lowest BCUT2D eigenvalue weighted by Crippen LogP contribution is -2.44. The minimum atomic E-state index is -0.774. The molecule has 100 valence electrons. The number of nitro groups is 1. The summed E-state index contributed by atoms with van der Waals surface area (Å²) in [6, 6.07) is 5.91. The van der Waals surface area contributed by atoms with Crippen LogP contribution in [-0.4, -0.2) is 21.6 Å². The van der Waals surface area contributed by atoms with Gasteiger partial charge in [-0.1, -0.05) is 12.1 Å². The molecule has 0 spiro atoms. The SMILES string of the molecule is C[C@@H](NC(C)(C)C)[C@H](O)c1cccc([N+](=O)[O-])c1. The van der Waals surface area contributed by atoms with Gasteiger partial charge < -0.3 is 10.4 Å². The van der Waals surface area contributed by atoms with Gasteiger partial charge in [-0.25, -0.2) is 0 Å². The summed E-state index contributed by atoms with van der Waals surface area (Å²) < 4.78 is 0. The molecular weight excluding hydrogens is 232 g/mol. The van der Waals surface area contributed by atoms with E-state index in [0.717, 1.165) is 0 Å². The lowest BCUT2D eigenvalue weighted by Gasteiger charge is -2.29. The van der Waals surface area contributed by atoms with Gasteiger partial charge in [0.15, 0.2) is 0 Å². The summed E-state index contributed by atoms with van der Waals surface area (Å²) in [5.74, 6) is 0. The molecule has 0 bridgehead atoms. The van der Waals surface area contributed by atoms with Gasteiger partial charge in [-0.15, -0.1) is 0 Å². The van der Waals surface area contributed by atoms with E-state index >= 15 is 0 Å². The first-order chi connectivity index (χ1) is 8.20. The molecule has 0 radical (unpaired) electrons. The van der Waals surface area contributed by atoms with E-state index in [-0.39, 0.29) is 17.3 Å². The Labute approximate surface area is 107 Å². The third kappa shape index (κ3) is 4.09. The fourth-order valence-electron chi connectivity index (χ4n) is 1.87. The van der Waals surface area contributed by atoms with E-state index < -0.39 is 11.0 Å². The lowest BCUT2D eigenvalue weighted by atomic mass is 9.99. The van der Waals surface area contributed by atoms with Crippen molar-refractivity contribution in [3.8, 4) is 0 Å². The van der Waals surface area contributed by atoms with Crippen molar-refractivity contribution in [2.75, 3.05) is 0 Å². The van der Waals surface area contributed by atoms with Crippen LogP contribution >= 0.6 is 0 Å². The predicted octanol–water partition coefficient (Wildman–Crippen LogP) is 2.40. The van der Waals surface area contributed by atoms with Crippen LogP contribution in [0.1, 0.15) is 39.4 Å². The van der Waals surface area contributed by atoms with E-state index in [0.29, 0.717) is 5.56 Å². The molecule has 0 saturated carbocycles. The van der Waals surface area contributed by atoms with Crippen LogP contribution in [0.2, 0.25) is 0 Å². The van der Waals surface area contributed by atoms with Crippen molar-refractivity contribution in [2.24, 2.45) is 0 Å². The lowest BCUT2D eigenvalue weighted by molar-refractivity contribution is -0.385. The van der Waals surface area contributed by atoms with Gasteiger partial charge >= 0.3 is 0 Å². The smallest absolute Gasteiger partial charge is 0.269 e. The van der Waals surface area contributed by atoms with Crippen molar-refractivity contribution >= 4 is 5.69 Å². The molecule has 5 nitrogen and oxygen atoms in total. The standard InChI is InChI=1S/C13H20N2O3/c1-9(14-13(2,3)4)12(16)10-6-5-7-11(8-10)15(17)18/h5-9,12,14,16H,1-4H3/t9-,12+/m1/s1. The minimum Gasteiger partial charge on any atom is -0.387 e. The molecule has 0 aliphatic carbocycles. The first-order valence-electron chi connectivity index (χ1n) is 5.91. The number of nitrogens with one attached hydrogen (secondary N) is 1. The number of non-ortho nitro benzene ring substituents is 1. The number of benzene rings is 1. The zero-order chi connectivity index (χ0) is 13.9. The molecular formula is C13H20N2O3. The Hall–Kier alpha value is -1.46. The van der Waals surface area contributed by atoms with Crippen LogP contribution in [0, 0.1) is 10.1 Å². The molecule has 0 fully saturated rings. The van der Waals surface area contributed by atoms with Crippen molar-refractivity contribution in [3.63, 3.8) is 0 Å². The number of nitro benzene ring substituents is 1. The van der Waals surface area contributed by atoms with Gasteiger partial charge in [0, 0.05) is 23.7 Å². The second-order valence-electron chi connectivity index (χ2n) is 5.48. The summed E-state index contributed by atoms with van der Waals surface area (Å²) >= 11 is 0. The third-order valence-corrected chi connectivity index (χ3v) is 2.56. The second kappa shape index (κ2) is 5.46. The zero-order valence-corrected chi connectivity index (χ0v) is 11.2. The van der Waals surface area contributed by atoms with Gasteiger partial charge in [0.1, 0.15) is 0 Å². The summed E-state index contributed by atoms with van der Waals surface area (Å²) in [6.07, 6.45) is -0.774. The highest BCUT2D eigenvalue weighted by atomic mass is 16.6. The normalized spacial score (nSPS) is 15.2. The summed E-state index contributed by atoms with van der Waals surface area (Å²) in [5, 5.41) is 24.1. The van der Waals surface area contributed by atoms with E-state index in [1.165, 1.54) is 12.1 Å². The maximum atomic E-state index is 10.7. The fourth-order valence-corrected chi connectivity index (χ4v) is 1.87. The zero-order valence-electron chi connectivity index (χ0n) is 11.2. The summed E-state index contributed by atoms with van der Waals surface area (Å²) in [6.45, 7) is 7.87. The number of hydrogen-bond donors (Lipinski definition) is 2. The first-order valence-corrected chi connectivity index (χ1v) is 5.91. The Morgan fingerprint density at radius 2 is 2.00 bits per heavy atom. The van der Waals surface area contributed by atoms with E-state index in [9.17, 15) is 15.2 Å². The molecule has 0 aliphatic rings. The fraction of sp³-hybridized carbons (Fsp3) is 0.538. The van der Waals surface area contributed by atoms with Gasteiger partial charge in [-0.2, -0.15) is 0 Å². The topological polar surface area (TPSA) is 75.4 Å². The Morgan fingerprint density at radius 3 is 2.50 bits per heavy atom. The first kappa shape index (κ1) is 14.6. The molecule has 0 saturated heterocycles. The number of rotatable bonds is 4. The van der Waals surface area contributed by atoms with Crippen molar-refractivity contribution in [3.05, 3.63) is 39.9 Å². The highest BCUT2D eigenvalue weighted by molar-refractivity contribution is 5.35. The second-order valence-corrected chi connectivity index (χ2v) is 5.48. The quantitative estimate of drug-likeness (QED) is 0.637. The number of aliphatic hydroxyl groups excluding tert-OH is 1. The summed E-state index contributed by atoms with van der Waals surface area (Å²) in [5.41, 5.74) is 0.421. The highest BCUT2D eigenvalue weighted by Gasteiger charge is 2.22. The Kier molecular flexibility index (Phi) is 4.43. The molecule has 2 atom stereocenters. The van der Waals surface area contributed by atoms with Crippen molar-refractivity contribution in [2.45, 2.75) is 45.4 Å². The van der Waals surface area contributed by atoms with Gasteiger partial charge in [0.05, 0.1) is 11.0 Å². The molecule has 0 heterocycles. The Balaban J connectivity index is 2.86. The maximum Gasteiger partial charge on any atom is 0.269 e. The largest absolute Gasteiger partial charge is 0.387 e. The maximum absolute atomic E-state index is 10.7. The molecule has 0 aromatic heterocycles. The van der Waals surface area contributed by atoms with E-state index in [1.807, 2.05) is 27.7 Å². The van der Waals surface area contributed by atoms with Gasteiger partial charge in [-0.3, -0.25) is 10.1 Å². The molecule has 1 rings (SSSR count).